The largest absolute Gasteiger partial charge is 0.380 e. The molecular formula is C17H26N2O. The molecule has 1 aromatic carbocycles. The maximum atomic E-state index is 5.70. The van der Waals surface area contributed by atoms with Gasteiger partial charge in [-0.05, 0) is 48.5 Å². The number of aromatic nitrogens is 1. The fourth-order valence-electron chi connectivity index (χ4n) is 2.34. The SMILES string of the molecule is CNCc1ccc2c(ccn2CCOCCC(C)C)c1. The Balaban J connectivity index is 1.90. The van der Waals surface area contributed by atoms with Gasteiger partial charge in [0.25, 0.3) is 0 Å². The smallest absolute Gasteiger partial charge is 0.0645 e. The first-order valence-electron chi connectivity index (χ1n) is 7.51. The molecule has 110 valence electrons. The second kappa shape index (κ2) is 7.46. The van der Waals surface area contributed by atoms with E-state index in [0.29, 0.717) is 5.92 Å². The second-order valence-electron chi connectivity index (χ2n) is 5.73. The van der Waals surface area contributed by atoms with Crippen LogP contribution >= 0.6 is 0 Å². The van der Waals surface area contributed by atoms with Gasteiger partial charge in [-0.15, -0.1) is 0 Å². The molecule has 1 aromatic heterocycles. The average molecular weight is 274 g/mol. The molecule has 0 aliphatic heterocycles. The fourth-order valence-corrected chi connectivity index (χ4v) is 2.34. The van der Waals surface area contributed by atoms with E-state index in [1.54, 1.807) is 0 Å². The molecule has 0 aliphatic carbocycles. The summed E-state index contributed by atoms with van der Waals surface area (Å²) in [5, 5.41) is 4.49. The van der Waals surface area contributed by atoms with Crippen molar-refractivity contribution in [1.82, 2.24) is 9.88 Å². The van der Waals surface area contributed by atoms with Crippen LogP contribution < -0.4 is 5.32 Å². The van der Waals surface area contributed by atoms with Gasteiger partial charge in [0.05, 0.1) is 6.61 Å². The molecule has 0 aliphatic rings. The minimum absolute atomic E-state index is 0.716. The van der Waals surface area contributed by atoms with Gasteiger partial charge in [-0.3, -0.25) is 0 Å². The molecule has 3 nitrogen and oxygen atoms in total. The van der Waals surface area contributed by atoms with Crippen LogP contribution in [-0.4, -0.2) is 24.8 Å². The van der Waals surface area contributed by atoms with Gasteiger partial charge >= 0.3 is 0 Å². The quantitative estimate of drug-likeness (QED) is 0.746. The number of benzene rings is 1. The highest BCUT2D eigenvalue weighted by Gasteiger charge is 2.02. The molecule has 0 radical (unpaired) electrons. The van der Waals surface area contributed by atoms with E-state index < -0.39 is 0 Å². The Morgan fingerprint density at radius 2 is 2.05 bits per heavy atom. The Morgan fingerprint density at radius 3 is 2.80 bits per heavy atom. The van der Waals surface area contributed by atoms with Gasteiger partial charge in [0.1, 0.15) is 0 Å². The lowest BCUT2D eigenvalue weighted by Gasteiger charge is -2.08. The third-order valence-electron chi connectivity index (χ3n) is 3.53. The lowest BCUT2D eigenvalue weighted by molar-refractivity contribution is 0.117. The minimum atomic E-state index is 0.716. The maximum Gasteiger partial charge on any atom is 0.0645 e. The summed E-state index contributed by atoms with van der Waals surface area (Å²) in [6.07, 6.45) is 3.29. The summed E-state index contributed by atoms with van der Waals surface area (Å²) in [5.74, 6) is 0.716. The monoisotopic (exact) mass is 274 g/mol. The summed E-state index contributed by atoms with van der Waals surface area (Å²) in [5.41, 5.74) is 2.61. The van der Waals surface area contributed by atoms with Crippen LogP contribution in [0.25, 0.3) is 10.9 Å². The molecule has 2 aromatic rings. The first kappa shape index (κ1) is 15.1. The Kier molecular flexibility index (Phi) is 5.62. The van der Waals surface area contributed by atoms with Gasteiger partial charge in [-0.25, -0.2) is 0 Å². The van der Waals surface area contributed by atoms with Gasteiger partial charge in [-0.1, -0.05) is 19.9 Å². The summed E-state index contributed by atoms with van der Waals surface area (Å²) >= 11 is 0. The van der Waals surface area contributed by atoms with Gasteiger partial charge in [0.15, 0.2) is 0 Å². The van der Waals surface area contributed by atoms with Crippen LogP contribution in [0.5, 0.6) is 0 Å². The number of hydrogen-bond donors (Lipinski definition) is 1. The summed E-state index contributed by atoms with van der Waals surface area (Å²) in [4.78, 5) is 0. The second-order valence-corrected chi connectivity index (χ2v) is 5.73. The number of rotatable bonds is 8. The van der Waals surface area contributed by atoms with Gasteiger partial charge in [-0.2, -0.15) is 0 Å². The van der Waals surface area contributed by atoms with Crippen molar-refractivity contribution in [3.63, 3.8) is 0 Å². The molecule has 3 heteroatoms. The average Bonchev–Trinajstić information content (AvgIpc) is 2.81. The normalized spacial score (nSPS) is 11.6. The highest BCUT2D eigenvalue weighted by Crippen LogP contribution is 2.17. The molecule has 0 bridgehead atoms. The lowest BCUT2D eigenvalue weighted by atomic mass is 10.1. The molecule has 0 spiro atoms. The van der Waals surface area contributed by atoms with Crippen LogP contribution in [0.1, 0.15) is 25.8 Å². The molecule has 20 heavy (non-hydrogen) atoms. The maximum absolute atomic E-state index is 5.70. The van der Waals surface area contributed by atoms with Crippen molar-refractivity contribution in [2.24, 2.45) is 5.92 Å². The highest BCUT2D eigenvalue weighted by molar-refractivity contribution is 5.80. The highest BCUT2D eigenvalue weighted by atomic mass is 16.5. The Morgan fingerprint density at radius 1 is 1.20 bits per heavy atom. The number of nitrogens with one attached hydrogen (secondary N) is 1. The van der Waals surface area contributed by atoms with E-state index in [4.69, 9.17) is 4.74 Å². The molecule has 0 unspecified atom stereocenters. The van der Waals surface area contributed by atoms with Crippen molar-refractivity contribution >= 4 is 10.9 Å². The van der Waals surface area contributed by atoms with Gasteiger partial charge < -0.3 is 14.6 Å². The van der Waals surface area contributed by atoms with E-state index in [-0.39, 0.29) is 0 Å². The summed E-state index contributed by atoms with van der Waals surface area (Å²) in [6.45, 7) is 7.95. The summed E-state index contributed by atoms with van der Waals surface area (Å²) < 4.78 is 7.97. The number of nitrogens with zero attached hydrogens (tertiary/aromatic N) is 1. The Bertz CT molecular complexity index is 531. The van der Waals surface area contributed by atoms with E-state index in [9.17, 15) is 0 Å². The Labute approximate surface area is 121 Å². The zero-order chi connectivity index (χ0) is 14.4. The molecule has 0 fully saturated rings. The first-order chi connectivity index (χ1) is 9.70. The van der Waals surface area contributed by atoms with Crippen molar-refractivity contribution in [3.05, 3.63) is 36.0 Å². The van der Waals surface area contributed by atoms with Crippen molar-refractivity contribution in [3.8, 4) is 0 Å². The number of fused-ring (bicyclic) bond motifs is 1. The Hall–Kier alpha value is -1.32. The predicted octanol–water partition coefficient (Wildman–Crippen LogP) is 3.42. The molecule has 0 saturated heterocycles. The van der Waals surface area contributed by atoms with Crippen LogP contribution in [0.2, 0.25) is 0 Å². The van der Waals surface area contributed by atoms with E-state index >= 15 is 0 Å². The van der Waals surface area contributed by atoms with Crippen LogP contribution in [-0.2, 0) is 17.8 Å². The minimum Gasteiger partial charge on any atom is -0.380 e. The fraction of sp³-hybridized carbons (Fsp3) is 0.529. The third-order valence-corrected chi connectivity index (χ3v) is 3.53. The number of ether oxygens (including phenoxy) is 1. The molecule has 1 heterocycles. The van der Waals surface area contributed by atoms with E-state index in [1.807, 2.05) is 7.05 Å². The van der Waals surface area contributed by atoms with Gasteiger partial charge in [0.2, 0.25) is 0 Å². The van der Waals surface area contributed by atoms with Crippen LogP contribution in [0.4, 0.5) is 0 Å². The third kappa shape index (κ3) is 4.09. The zero-order valence-electron chi connectivity index (χ0n) is 12.9. The first-order valence-corrected chi connectivity index (χ1v) is 7.51. The summed E-state index contributed by atoms with van der Waals surface area (Å²) in [6, 6.07) is 8.83. The van der Waals surface area contributed by atoms with E-state index in [2.05, 4.69) is 54.2 Å². The molecule has 0 amide bonds. The molecular weight excluding hydrogens is 248 g/mol. The van der Waals surface area contributed by atoms with Crippen molar-refractivity contribution in [2.45, 2.75) is 33.4 Å². The van der Waals surface area contributed by atoms with Crippen LogP contribution in [0.3, 0.4) is 0 Å². The molecule has 1 N–H and O–H groups in total. The van der Waals surface area contributed by atoms with E-state index in [1.165, 1.54) is 16.5 Å². The molecule has 0 saturated carbocycles. The summed E-state index contributed by atoms with van der Waals surface area (Å²) in [7, 11) is 1.98. The predicted molar refractivity (Wildman–Crippen MR) is 85.0 cm³/mol. The topological polar surface area (TPSA) is 26.2 Å². The van der Waals surface area contributed by atoms with Crippen LogP contribution in [0.15, 0.2) is 30.5 Å². The van der Waals surface area contributed by atoms with Crippen LogP contribution in [0, 0.1) is 5.92 Å². The zero-order valence-corrected chi connectivity index (χ0v) is 12.9. The number of hydrogen-bond acceptors (Lipinski definition) is 2. The van der Waals surface area contributed by atoms with Crippen molar-refractivity contribution in [2.75, 3.05) is 20.3 Å². The van der Waals surface area contributed by atoms with Crippen molar-refractivity contribution < 1.29 is 4.74 Å². The molecule has 0 atom stereocenters. The van der Waals surface area contributed by atoms with Gasteiger partial charge in [0, 0.05) is 31.4 Å². The lowest BCUT2D eigenvalue weighted by Crippen LogP contribution is -2.07. The van der Waals surface area contributed by atoms with Crippen molar-refractivity contribution in [1.29, 1.82) is 0 Å². The molecule has 2 rings (SSSR count). The van der Waals surface area contributed by atoms with E-state index in [0.717, 1.165) is 32.7 Å². The standard InChI is InChI=1S/C17H26N2O/c1-14(2)7-10-20-11-9-19-8-6-16-12-15(13-18-3)4-5-17(16)19/h4-6,8,12,14,18H,7,9-11,13H2,1-3H3.